The highest BCUT2D eigenvalue weighted by Crippen LogP contribution is 2.24. The van der Waals surface area contributed by atoms with Crippen molar-refractivity contribution in [3.63, 3.8) is 0 Å². The number of rotatable bonds is 4. The van der Waals surface area contributed by atoms with Crippen molar-refractivity contribution >= 4 is 17.5 Å². The van der Waals surface area contributed by atoms with Crippen LogP contribution in [-0.2, 0) is 9.53 Å². The second kappa shape index (κ2) is 7.07. The summed E-state index contributed by atoms with van der Waals surface area (Å²) in [6, 6.07) is 7.51. The molecule has 1 amide bonds. The Morgan fingerprint density at radius 1 is 1.50 bits per heavy atom. The molecular formula is C15H21ClN2O2. The fourth-order valence-electron chi connectivity index (χ4n) is 2.25. The van der Waals surface area contributed by atoms with Gasteiger partial charge in [0.25, 0.3) is 0 Å². The molecule has 110 valence electrons. The Kier molecular flexibility index (Phi) is 5.40. The lowest BCUT2D eigenvalue weighted by atomic mass is 10.1. The molecule has 2 N–H and O–H groups in total. The van der Waals surface area contributed by atoms with Gasteiger partial charge in [0.05, 0.1) is 13.2 Å². The largest absolute Gasteiger partial charge is 0.370 e. The summed E-state index contributed by atoms with van der Waals surface area (Å²) in [6.07, 6.45) is 1.14. The Bertz CT molecular complexity index is 450. The number of benzene rings is 1. The topological polar surface area (TPSA) is 55.6 Å². The van der Waals surface area contributed by atoms with Gasteiger partial charge in [-0.15, -0.1) is 0 Å². The monoisotopic (exact) mass is 296 g/mol. The molecule has 0 aliphatic carbocycles. The van der Waals surface area contributed by atoms with Crippen LogP contribution in [0.4, 0.5) is 0 Å². The average molecular weight is 297 g/mol. The highest BCUT2D eigenvalue weighted by Gasteiger charge is 2.25. The smallest absolute Gasteiger partial charge is 0.224 e. The van der Waals surface area contributed by atoms with E-state index in [-0.39, 0.29) is 18.1 Å². The van der Waals surface area contributed by atoms with Crippen molar-refractivity contribution in [1.29, 1.82) is 0 Å². The van der Waals surface area contributed by atoms with E-state index in [2.05, 4.69) is 0 Å². The Hall–Kier alpha value is -1.10. The van der Waals surface area contributed by atoms with Crippen LogP contribution in [0.1, 0.15) is 31.4 Å². The minimum Gasteiger partial charge on any atom is -0.370 e. The molecule has 0 bridgehead atoms. The third kappa shape index (κ3) is 3.95. The Labute approximate surface area is 124 Å². The van der Waals surface area contributed by atoms with Crippen molar-refractivity contribution in [3.8, 4) is 0 Å². The van der Waals surface area contributed by atoms with E-state index < -0.39 is 0 Å². The predicted octanol–water partition coefficient (Wildman–Crippen LogP) is 2.37. The first-order chi connectivity index (χ1) is 9.60. The van der Waals surface area contributed by atoms with E-state index in [9.17, 15) is 4.79 Å². The van der Waals surface area contributed by atoms with Gasteiger partial charge in [0.2, 0.25) is 5.91 Å². The van der Waals surface area contributed by atoms with Gasteiger partial charge >= 0.3 is 0 Å². The SMILES string of the molecule is CCC(N)CC(=O)N1CCOC(c2ccc(Cl)cc2)C1. The van der Waals surface area contributed by atoms with Crippen LogP contribution in [0.25, 0.3) is 0 Å². The number of morpholine rings is 1. The van der Waals surface area contributed by atoms with Crippen molar-refractivity contribution in [2.45, 2.75) is 31.9 Å². The molecule has 2 atom stereocenters. The molecule has 0 saturated carbocycles. The molecule has 0 aromatic heterocycles. The fraction of sp³-hybridized carbons (Fsp3) is 0.533. The molecule has 4 nitrogen and oxygen atoms in total. The highest BCUT2D eigenvalue weighted by molar-refractivity contribution is 6.30. The van der Waals surface area contributed by atoms with E-state index in [1.807, 2.05) is 36.1 Å². The van der Waals surface area contributed by atoms with Gasteiger partial charge in [0.15, 0.2) is 0 Å². The minimum absolute atomic E-state index is 0.0562. The third-order valence-corrected chi connectivity index (χ3v) is 3.87. The molecular weight excluding hydrogens is 276 g/mol. The average Bonchev–Trinajstić information content (AvgIpc) is 2.48. The van der Waals surface area contributed by atoms with Gasteiger partial charge in [-0.2, -0.15) is 0 Å². The van der Waals surface area contributed by atoms with E-state index in [4.69, 9.17) is 22.1 Å². The molecule has 0 radical (unpaired) electrons. The lowest BCUT2D eigenvalue weighted by molar-refractivity contribution is -0.139. The second-order valence-corrected chi connectivity index (χ2v) is 5.56. The molecule has 1 aromatic rings. The Balaban J connectivity index is 1.97. The summed E-state index contributed by atoms with van der Waals surface area (Å²) in [5.74, 6) is 0.113. The van der Waals surface area contributed by atoms with Crippen LogP contribution in [0.15, 0.2) is 24.3 Å². The first-order valence-corrected chi connectivity index (χ1v) is 7.38. The molecule has 1 fully saturated rings. The van der Waals surface area contributed by atoms with Crippen molar-refractivity contribution in [3.05, 3.63) is 34.9 Å². The number of hydrogen-bond acceptors (Lipinski definition) is 3. The first kappa shape index (κ1) is 15.3. The van der Waals surface area contributed by atoms with E-state index in [1.54, 1.807) is 0 Å². The molecule has 5 heteroatoms. The number of carbonyl (C=O) groups excluding carboxylic acids is 1. The van der Waals surface area contributed by atoms with Gasteiger partial charge in [-0.25, -0.2) is 0 Å². The molecule has 0 spiro atoms. The number of nitrogens with zero attached hydrogens (tertiary/aromatic N) is 1. The molecule has 1 aliphatic rings. The Morgan fingerprint density at radius 3 is 2.85 bits per heavy atom. The van der Waals surface area contributed by atoms with Crippen LogP contribution < -0.4 is 5.73 Å². The van der Waals surface area contributed by atoms with Gasteiger partial charge in [0, 0.05) is 24.0 Å². The molecule has 1 aromatic carbocycles. The first-order valence-electron chi connectivity index (χ1n) is 7.00. The molecule has 1 heterocycles. The second-order valence-electron chi connectivity index (χ2n) is 5.12. The zero-order chi connectivity index (χ0) is 14.5. The zero-order valence-electron chi connectivity index (χ0n) is 11.7. The van der Waals surface area contributed by atoms with Crippen LogP contribution in [0.5, 0.6) is 0 Å². The van der Waals surface area contributed by atoms with Gasteiger partial charge in [0.1, 0.15) is 6.10 Å². The summed E-state index contributed by atoms with van der Waals surface area (Å²) < 4.78 is 5.75. The number of amides is 1. The number of ether oxygens (including phenoxy) is 1. The summed E-state index contributed by atoms with van der Waals surface area (Å²) in [5, 5.41) is 0.700. The lowest BCUT2D eigenvalue weighted by Gasteiger charge is -2.33. The molecule has 2 rings (SSSR count). The van der Waals surface area contributed by atoms with Crippen molar-refractivity contribution in [2.24, 2.45) is 5.73 Å². The van der Waals surface area contributed by atoms with E-state index >= 15 is 0 Å². The summed E-state index contributed by atoms with van der Waals surface area (Å²) in [6.45, 7) is 3.77. The molecule has 2 unspecified atom stereocenters. The van der Waals surface area contributed by atoms with E-state index in [0.717, 1.165) is 12.0 Å². The van der Waals surface area contributed by atoms with Crippen molar-refractivity contribution in [2.75, 3.05) is 19.7 Å². The van der Waals surface area contributed by atoms with Crippen LogP contribution in [0.2, 0.25) is 5.02 Å². The maximum Gasteiger partial charge on any atom is 0.224 e. The van der Waals surface area contributed by atoms with Crippen molar-refractivity contribution < 1.29 is 9.53 Å². The predicted molar refractivity (Wildman–Crippen MR) is 79.6 cm³/mol. The molecule has 1 saturated heterocycles. The normalized spacial score (nSPS) is 20.8. The maximum absolute atomic E-state index is 12.2. The van der Waals surface area contributed by atoms with Gasteiger partial charge in [-0.1, -0.05) is 30.7 Å². The lowest BCUT2D eigenvalue weighted by Crippen LogP contribution is -2.44. The fourth-order valence-corrected chi connectivity index (χ4v) is 2.38. The van der Waals surface area contributed by atoms with Crippen LogP contribution in [0, 0.1) is 0 Å². The molecule has 1 aliphatic heterocycles. The number of carbonyl (C=O) groups is 1. The zero-order valence-corrected chi connectivity index (χ0v) is 12.5. The molecule has 20 heavy (non-hydrogen) atoms. The van der Waals surface area contributed by atoms with Gasteiger partial charge in [-0.3, -0.25) is 4.79 Å². The summed E-state index contributed by atoms with van der Waals surface area (Å²) in [4.78, 5) is 14.0. The van der Waals surface area contributed by atoms with Gasteiger partial charge < -0.3 is 15.4 Å². The quantitative estimate of drug-likeness (QED) is 0.928. The van der Waals surface area contributed by atoms with E-state index in [1.165, 1.54) is 0 Å². The minimum atomic E-state index is -0.0807. The van der Waals surface area contributed by atoms with E-state index in [0.29, 0.717) is 31.1 Å². The van der Waals surface area contributed by atoms with Crippen LogP contribution in [0.3, 0.4) is 0 Å². The summed E-state index contributed by atoms with van der Waals surface area (Å²) in [5.41, 5.74) is 6.90. The number of hydrogen-bond donors (Lipinski definition) is 1. The maximum atomic E-state index is 12.2. The summed E-state index contributed by atoms with van der Waals surface area (Å²) >= 11 is 5.88. The third-order valence-electron chi connectivity index (χ3n) is 3.62. The highest BCUT2D eigenvalue weighted by atomic mass is 35.5. The standard InChI is InChI=1S/C15H21ClN2O2/c1-2-13(17)9-15(19)18-7-8-20-14(10-18)11-3-5-12(16)6-4-11/h3-6,13-14H,2,7-10,17H2,1H3. The van der Waals surface area contributed by atoms with Gasteiger partial charge in [-0.05, 0) is 24.1 Å². The number of nitrogens with two attached hydrogens (primary N) is 1. The van der Waals surface area contributed by atoms with Crippen LogP contribution >= 0.6 is 11.6 Å². The van der Waals surface area contributed by atoms with Crippen LogP contribution in [-0.4, -0.2) is 36.5 Å². The Morgan fingerprint density at radius 2 is 2.20 bits per heavy atom. The number of halogens is 1. The summed E-state index contributed by atoms with van der Waals surface area (Å²) in [7, 11) is 0. The van der Waals surface area contributed by atoms with Crippen molar-refractivity contribution in [1.82, 2.24) is 4.90 Å².